The van der Waals surface area contributed by atoms with Crippen LogP contribution in [0.25, 0.3) is 0 Å². The number of rotatable bonds is 3. The molecule has 84 valence electrons. The largest absolute Gasteiger partial charge is 0.335 e. The number of nitriles is 1. The summed E-state index contributed by atoms with van der Waals surface area (Å²) in [4.78, 5) is 13.4. The first-order chi connectivity index (χ1) is 7.15. The van der Waals surface area contributed by atoms with E-state index >= 15 is 0 Å². The van der Waals surface area contributed by atoms with Crippen LogP contribution in [0.2, 0.25) is 0 Å². The van der Waals surface area contributed by atoms with Gasteiger partial charge in [0, 0.05) is 12.1 Å². The van der Waals surface area contributed by atoms with Crippen molar-refractivity contribution in [3.63, 3.8) is 0 Å². The van der Waals surface area contributed by atoms with Crippen molar-refractivity contribution < 1.29 is 4.79 Å². The monoisotopic (exact) mass is 209 g/mol. The molecule has 0 spiro atoms. The maximum absolute atomic E-state index is 11.8. The van der Waals surface area contributed by atoms with E-state index in [9.17, 15) is 4.79 Å². The second-order valence-corrected chi connectivity index (χ2v) is 4.31. The Morgan fingerprint density at radius 2 is 2.13 bits per heavy atom. The molecule has 1 N–H and O–H groups in total. The van der Waals surface area contributed by atoms with Gasteiger partial charge in [-0.3, -0.25) is 0 Å². The summed E-state index contributed by atoms with van der Waals surface area (Å²) < 4.78 is 0. The average Bonchev–Trinajstić information content (AvgIpc) is 2.65. The zero-order valence-electron chi connectivity index (χ0n) is 9.49. The Morgan fingerprint density at radius 1 is 1.53 bits per heavy atom. The lowest BCUT2D eigenvalue weighted by molar-refractivity contribution is 0.187. The number of amides is 2. The second-order valence-electron chi connectivity index (χ2n) is 4.31. The van der Waals surface area contributed by atoms with Gasteiger partial charge in [0.15, 0.2) is 0 Å². The number of urea groups is 1. The molecule has 0 aromatic rings. The van der Waals surface area contributed by atoms with E-state index in [0.29, 0.717) is 6.04 Å². The van der Waals surface area contributed by atoms with E-state index in [1.165, 1.54) is 12.8 Å². The highest BCUT2D eigenvalue weighted by molar-refractivity contribution is 5.75. The molecular formula is C11H19N3O. The molecule has 0 heterocycles. The number of hydrogen-bond donors (Lipinski definition) is 1. The number of nitrogens with one attached hydrogen (secondary N) is 1. The van der Waals surface area contributed by atoms with Gasteiger partial charge < -0.3 is 10.2 Å². The molecule has 0 aliphatic heterocycles. The van der Waals surface area contributed by atoms with Crippen LogP contribution in [0, 0.1) is 11.3 Å². The van der Waals surface area contributed by atoms with Gasteiger partial charge in [-0.15, -0.1) is 0 Å². The third-order valence-corrected chi connectivity index (χ3v) is 2.81. The van der Waals surface area contributed by atoms with Crippen LogP contribution in [0.3, 0.4) is 0 Å². The van der Waals surface area contributed by atoms with Gasteiger partial charge in [-0.1, -0.05) is 12.8 Å². The second kappa shape index (κ2) is 5.59. The molecule has 0 aromatic heterocycles. The van der Waals surface area contributed by atoms with Gasteiger partial charge in [-0.05, 0) is 26.7 Å². The lowest BCUT2D eigenvalue weighted by Gasteiger charge is -2.26. The van der Waals surface area contributed by atoms with Crippen LogP contribution in [0.1, 0.15) is 39.5 Å². The summed E-state index contributed by atoms with van der Waals surface area (Å²) in [7, 11) is 0. The first kappa shape index (κ1) is 11.8. The summed E-state index contributed by atoms with van der Waals surface area (Å²) in [6, 6.07) is 2.31. The molecule has 0 unspecified atom stereocenters. The molecular weight excluding hydrogens is 190 g/mol. The SMILES string of the molecule is CC(C)N(CC#N)C(=O)NC1CCCC1. The van der Waals surface area contributed by atoms with Crippen LogP contribution in [-0.4, -0.2) is 29.6 Å². The van der Waals surface area contributed by atoms with Crippen molar-refractivity contribution >= 4 is 6.03 Å². The summed E-state index contributed by atoms with van der Waals surface area (Å²) in [5, 5.41) is 11.6. The van der Waals surface area contributed by atoms with Crippen molar-refractivity contribution in [3.05, 3.63) is 0 Å². The summed E-state index contributed by atoms with van der Waals surface area (Å²) in [5.41, 5.74) is 0. The highest BCUT2D eigenvalue weighted by Gasteiger charge is 2.22. The van der Waals surface area contributed by atoms with Crippen molar-refractivity contribution in [1.82, 2.24) is 10.2 Å². The fourth-order valence-corrected chi connectivity index (χ4v) is 1.89. The maximum atomic E-state index is 11.8. The minimum Gasteiger partial charge on any atom is -0.335 e. The van der Waals surface area contributed by atoms with E-state index in [0.717, 1.165) is 12.8 Å². The molecule has 15 heavy (non-hydrogen) atoms. The summed E-state index contributed by atoms with van der Waals surface area (Å²) in [5.74, 6) is 0. The smallest absolute Gasteiger partial charge is 0.318 e. The molecule has 4 heteroatoms. The molecule has 1 rings (SSSR count). The topological polar surface area (TPSA) is 56.1 Å². The number of nitrogens with zero attached hydrogens (tertiary/aromatic N) is 2. The van der Waals surface area contributed by atoms with Crippen molar-refractivity contribution in [1.29, 1.82) is 5.26 Å². The summed E-state index contributed by atoms with van der Waals surface area (Å²) in [6.07, 6.45) is 4.55. The van der Waals surface area contributed by atoms with E-state index < -0.39 is 0 Å². The highest BCUT2D eigenvalue weighted by Crippen LogP contribution is 2.17. The normalized spacial score (nSPS) is 16.4. The fraction of sp³-hybridized carbons (Fsp3) is 0.818. The third-order valence-electron chi connectivity index (χ3n) is 2.81. The van der Waals surface area contributed by atoms with Gasteiger partial charge in [0.05, 0.1) is 6.07 Å². The molecule has 1 aliphatic carbocycles. The van der Waals surface area contributed by atoms with E-state index in [2.05, 4.69) is 5.32 Å². The van der Waals surface area contributed by atoms with Gasteiger partial charge in [0.25, 0.3) is 0 Å². The third kappa shape index (κ3) is 3.43. The van der Waals surface area contributed by atoms with E-state index in [-0.39, 0.29) is 18.6 Å². The van der Waals surface area contributed by atoms with Crippen LogP contribution < -0.4 is 5.32 Å². The standard InChI is InChI=1S/C11H19N3O/c1-9(2)14(8-7-12)11(15)13-10-5-3-4-6-10/h9-10H,3-6,8H2,1-2H3,(H,13,15). The predicted octanol–water partition coefficient (Wildman–Crippen LogP) is 1.87. The summed E-state index contributed by atoms with van der Waals surface area (Å²) in [6.45, 7) is 4.01. The Hall–Kier alpha value is -1.24. The first-order valence-corrected chi connectivity index (χ1v) is 5.59. The Labute approximate surface area is 91.2 Å². The van der Waals surface area contributed by atoms with E-state index in [1.807, 2.05) is 19.9 Å². The molecule has 0 bridgehead atoms. The van der Waals surface area contributed by atoms with Crippen LogP contribution in [0.5, 0.6) is 0 Å². The molecule has 0 aromatic carbocycles. The summed E-state index contributed by atoms with van der Waals surface area (Å²) >= 11 is 0. The Bertz CT molecular complexity index is 251. The van der Waals surface area contributed by atoms with E-state index in [4.69, 9.17) is 5.26 Å². The molecule has 4 nitrogen and oxygen atoms in total. The first-order valence-electron chi connectivity index (χ1n) is 5.59. The van der Waals surface area contributed by atoms with Gasteiger partial charge in [0.1, 0.15) is 6.54 Å². The van der Waals surface area contributed by atoms with Gasteiger partial charge in [0.2, 0.25) is 0 Å². The Balaban J connectivity index is 2.45. The van der Waals surface area contributed by atoms with Crippen LogP contribution >= 0.6 is 0 Å². The Kier molecular flexibility index (Phi) is 4.41. The van der Waals surface area contributed by atoms with Crippen molar-refractivity contribution in [2.75, 3.05) is 6.54 Å². The molecule has 1 aliphatic rings. The molecule has 2 amide bonds. The average molecular weight is 209 g/mol. The van der Waals surface area contributed by atoms with Crippen molar-refractivity contribution in [2.24, 2.45) is 0 Å². The van der Waals surface area contributed by atoms with Crippen LogP contribution in [0.15, 0.2) is 0 Å². The van der Waals surface area contributed by atoms with E-state index in [1.54, 1.807) is 4.90 Å². The zero-order valence-corrected chi connectivity index (χ0v) is 9.49. The Morgan fingerprint density at radius 3 is 2.60 bits per heavy atom. The van der Waals surface area contributed by atoms with Crippen LogP contribution in [0.4, 0.5) is 4.79 Å². The molecule has 0 radical (unpaired) electrons. The predicted molar refractivity (Wildman–Crippen MR) is 58.2 cm³/mol. The number of hydrogen-bond acceptors (Lipinski definition) is 2. The van der Waals surface area contributed by atoms with Gasteiger partial charge in [-0.2, -0.15) is 5.26 Å². The molecule has 0 saturated heterocycles. The minimum absolute atomic E-state index is 0.0750. The lowest BCUT2D eigenvalue weighted by atomic mass is 10.2. The quantitative estimate of drug-likeness (QED) is 0.721. The lowest BCUT2D eigenvalue weighted by Crippen LogP contribution is -2.47. The molecule has 0 atom stereocenters. The van der Waals surface area contributed by atoms with Crippen molar-refractivity contribution in [2.45, 2.75) is 51.6 Å². The highest BCUT2D eigenvalue weighted by atomic mass is 16.2. The van der Waals surface area contributed by atoms with Gasteiger partial charge in [-0.25, -0.2) is 4.79 Å². The number of carbonyl (C=O) groups excluding carboxylic acids is 1. The molecule has 1 saturated carbocycles. The zero-order chi connectivity index (χ0) is 11.3. The maximum Gasteiger partial charge on any atom is 0.318 e. The minimum atomic E-state index is -0.0987. The number of carbonyl (C=O) groups is 1. The molecule has 1 fully saturated rings. The van der Waals surface area contributed by atoms with Gasteiger partial charge >= 0.3 is 6.03 Å². The van der Waals surface area contributed by atoms with Crippen LogP contribution in [-0.2, 0) is 0 Å². The van der Waals surface area contributed by atoms with Crippen molar-refractivity contribution in [3.8, 4) is 6.07 Å². The fourth-order valence-electron chi connectivity index (χ4n) is 1.89.